The summed E-state index contributed by atoms with van der Waals surface area (Å²) in [6, 6.07) is 130. The molecule has 11 heterocycles. The minimum absolute atomic E-state index is 0. The molecule has 4 radical (unpaired) electrons. The van der Waals surface area contributed by atoms with Crippen molar-refractivity contribution in [1.29, 1.82) is 0 Å². The van der Waals surface area contributed by atoms with Gasteiger partial charge in [0.2, 0.25) is 0 Å². The summed E-state index contributed by atoms with van der Waals surface area (Å²) < 4.78 is 111. The first-order chi connectivity index (χ1) is 70.1. The number of hydrogen-bond acceptors (Lipinski definition) is 11. The number of benzene rings is 9. The third-order valence-corrected chi connectivity index (χ3v) is 20.1. The van der Waals surface area contributed by atoms with Crippen molar-refractivity contribution in [1.82, 2.24) is 54.8 Å². The molecule has 20 aromatic rings. The molecular weight excluding hydrogens is 2360 g/mol. The topological polar surface area (TPSA) is 142 Å². The van der Waals surface area contributed by atoms with Gasteiger partial charge in [-0.1, -0.05) is 137 Å². The van der Waals surface area contributed by atoms with E-state index in [9.17, 15) is 0 Å². The minimum atomic E-state index is -2.10. The first-order valence-corrected chi connectivity index (χ1v) is 42.0. The van der Waals surface area contributed by atoms with E-state index in [2.05, 4.69) is 141 Å². The Kier molecular flexibility index (Phi) is 34.3. The molecule has 9 aromatic carbocycles. The number of aryl methyl sites for hydroxylation is 11. The number of nitrogens with zero attached hydrogens (tertiary/aromatic N) is 11. The van der Waals surface area contributed by atoms with Crippen LogP contribution in [0.1, 0.15) is 81.8 Å². The van der Waals surface area contributed by atoms with E-state index < -0.39 is 34.3 Å². The fourth-order valence-corrected chi connectivity index (χ4v) is 12.9. The Bertz CT molecular complexity index is 6950. The first kappa shape index (κ1) is 84.2. The maximum atomic E-state index is 7.39. The molecule has 0 atom stereocenters. The van der Waals surface area contributed by atoms with Crippen molar-refractivity contribution in [3.8, 4) is 135 Å². The Morgan fingerprint density at radius 3 is 0.711 bits per heavy atom. The standard InChI is InChI=1S/C18H14N.2C17H13N2.C16H11N2.4C13H12N.4Ir/c1-14-7-9-15(10-8-14)17-11-12-18(19-13-17)16-5-3-2-4-6-16;2*1-13-6-5-11-18-17(13)15-9-10-16(19-12-15)14-7-3-2-4-8-14;1-2-6-13(7-3-1)16-12-14(9-11-18-16)15-8-4-5-10-17-15;4*1-10-8-13(14-9-11(10)2)12-6-4-3-5-7-12;;;;/h2-5,7-13H,1H3;2*2-7,9-12H,1H3;1-6,8-12H;4*3-6,8-9H,1-2H3;;;;/q8*-1;;;;/i1D3;;;;4*2D3;;;;. The van der Waals surface area contributed by atoms with Crippen LogP contribution in [0.15, 0.2) is 402 Å². The van der Waals surface area contributed by atoms with E-state index in [0.29, 0.717) is 27.8 Å². The van der Waals surface area contributed by atoms with Crippen LogP contribution in [-0.2, 0) is 80.4 Å². The van der Waals surface area contributed by atoms with Gasteiger partial charge in [0.15, 0.2) is 0 Å². The van der Waals surface area contributed by atoms with Crippen LogP contribution >= 0.6 is 0 Å². The van der Waals surface area contributed by atoms with Gasteiger partial charge < -0.3 is 39.9 Å². The fourth-order valence-electron chi connectivity index (χ4n) is 12.9. The van der Waals surface area contributed by atoms with Crippen molar-refractivity contribution in [2.75, 3.05) is 0 Å². The molecule has 0 amide bonds. The van der Waals surface area contributed by atoms with Crippen LogP contribution in [0.2, 0.25) is 0 Å². The van der Waals surface area contributed by atoms with Crippen molar-refractivity contribution < 1.29 is 101 Å². The molecule has 678 valence electrons. The van der Waals surface area contributed by atoms with E-state index in [1.165, 1.54) is 24.8 Å². The van der Waals surface area contributed by atoms with Gasteiger partial charge in [0, 0.05) is 180 Å². The first-order valence-electron chi connectivity index (χ1n) is 49.5. The summed E-state index contributed by atoms with van der Waals surface area (Å²) in [5.74, 6) is 0. The number of rotatable bonds is 12. The third-order valence-electron chi connectivity index (χ3n) is 20.1. The quantitative estimate of drug-likeness (QED) is 0.108. The second-order valence-electron chi connectivity index (χ2n) is 29.6. The maximum absolute atomic E-state index is 7.39. The molecule has 11 aromatic heterocycles. The van der Waals surface area contributed by atoms with E-state index in [1.54, 1.807) is 95.1 Å². The molecule has 0 bridgehead atoms. The molecular formula is C120H99Ir4N11-8. The van der Waals surface area contributed by atoms with Gasteiger partial charge in [0.05, 0.1) is 17.1 Å². The summed E-state index contributed by atoms with van der Waals surface area (Å²) in [7, 11) is 0. The van der Waals surface area contributed by atoms with Gasteiger partial charge in [-0.05, 0) is 202 Å². The number of aromatic nitrogens is 11. The molecule has 0 saturated heterocycles. The molecule has 0 N–H and O–H groups in total. The zero-order valence-electron chi connectivity index (χ0n) is 89.4. The summed E-state index contributed by atoms with van der Waals surface area (Å²) >= 11 is 0. The van der Waals surface area contributed by atoms with E-state index in [0.717, 1.165) is 168 Å². The monoisotopic (exact) mass is 2480 g/mol. The van der Waals surface area contributed by atoms with Crippen molar-refractivity contribution in [3.05, 3.63) is 512 Å². The maximum Gasteiger partial charge on any atom is 0.0745 e. The molecule has 135 heavy (non-hydrogen) atoms. The van der Waals surface area contributed by atoms with Crippen LogP contribution in [-0.4, -0.2) is 54.8 Å². The van der Waals surface area contributed by atoms with Gasteiger partial charge in [-0.25, -0.2) is 0 Å². The molecule has 0 saturated carbocycles. The molecule has 0 fully saturated rings. The van der Waals surface area contributed by atoms with Crippen LogP contribution in [0, 0.1) is 124 Å². The summed E-state index contributed by atoms with van der Waals surface area (Å²) in [6.45, 7) is 0.793. The molecule has 11 nitrogen and oxygen atoms in total. The second kappa shape index (κ2) is 55.0. The summed E-state index contributed by atoms with van der Waals surface area (Å²) in [5.41, 5.74) is 28.8. The Morgan fingerprint density at radius 1 is 0.178 bits per heavy atom. The molecule has 15 heteroatoms. The predicted molar refractivity (Wildman–Crippen MR) is 535 cm³/mol. The fraction of sp³-hybridized carbons (Fsp3) is 0.0917. The van der Waals surface area contributed by atoms with Crippen LogP contribution < -0.4 is 0 Å². The Labute approximate surface area is 871 Å². The third kappa shape index (κ3) is 31.7. The van der Waals surface area contributed by atoms with Gasteiger partial charge in [0.1, 0.15) is 0 Å². The summed E-state index contributed by atoms with van der Waals surface area (Å²) in [6.07, 6.45) is 18.5. The van der Waals surface area contributed by atoms with E-state index >= 15 is 0 Å². The van der Waals surface area contributed by atoms with Crippen LogP contribution in [0.4, 0.5) is 0 Å². The largest absolute Gasteiger partial charge is 0.305 e. The van der Waals surface area contributed by atoms with Crippen molar-refractivity contribution in [3.63, 3.8) is 0 Å². The molecule has 0 aliphatic rings. The molecule has 20 rings (SSSR count). The number of pyridine rings is 11. The van der Waals surface area contributed by atoms with Gasteiger partial charge in [0.25, 0.3) is 0 Å². The van der Waals surface area contributed by atoms with Gasteiger partial charge in [-0.15, -0.1) is 287 Å². The van der Waals surface area contributed by atoms with E-state index in [-0.39, 0.29) is 80.4 Å². The summed E-state index contributed by atoms with van der Waals surface area (Å²) in [5, 5.41) is 0. The van der Waals surface area contributed by atoms with Crippen molar-refractivity contribution >= 4 is 0 Å². The Hall–Kier alpha value is -13.8. The Balaban J connectivity index is 0.000000190. The van der Waals surface area contributed by atoms with E-state index in [1.807, 2.05) is 285 Å². The zero-order valence-corrected chi connectivity index (χ0v) is 83.9. The van der Waals surface area contributed by atoms with E-state index in [4.69, 9.17) is 20.6 Å². The number of hydrogen-bond donors (Lipinski definition) is 0. The van der Waals surface area contributed by atoms with Gasteiger partial charge in [-0.3, -0.25) is 15.0 Å². The SMILES string of the molecule is Cc1cccnc1-c1ccc(-c2[c-]cccc2)nc1.Cc1cccnc1-c1ccc(-c2[c-]cccc2)nc1.[2H]C([2H])([2H])c1ccc(-c2ccc(-c3[c-]cccc3)nc2)cc1.[2H]C([2H])([2H])c1cnc(-c2[c-]cccc2)cc1C.[2H]C([2H])([2H])c1cnc(-c2[c-]cccc2)cc1C.[2H]C([2H])([2H])c1cnc(-c2[c-]cccc2)cc1C.[2H]C([2H])([2H])c1cnc(-c2[c-]cccc2)cc1C.[Ir].[Ir].[Ir].[Ir].[c-]1ccccc1-c1cc(-c2ccccn2)ccn1. The average Bonchev–Trinajstić information content (AvgIpc) is 0.812. The van der Waals surface area contributed by atoms with Crippen LogP contribution in [0.25, 0.3) is 135 Å². The predicted octanol–water partition coefficient (Wildman–Crippen LogP) is 28.6. The van der Waals surface area contributed by atoms with Crippen LogP contribution in [0.3, 0.4) is 0 Å². The molecule has 0 unspecified atom stereocenters. The van der Waals surface area contributed by atoms with Crippen molar-refractivity contribution in [2.45, 2.75) is 75.8 Å². The molecule has 0 aliphatic carbocycles. The van der Waals surface area contributed by atoms with Gasteiger partial charge >= 0.3 is 0 Å². The average molecular weight is 2480 g/mol. The van der Waals surface area contributed by atoms with Crippen LogP contribution in [0.5, 0.6) is 0 Å². The Morgan fingerprint density at radius 2 is 0.452 bits per heavy atom. The summed E-state index contributed by atoms with van der Waals surface area (Å²) in [4.78, 5) is 47.7. The molecule has 0 spiro atoms. The smallest absolute Gasteiger partial charge is 0.0745 e. The zero-order chi connectivity index (χ0) is 104. The minimum Gasteiger partial charge on any atom is -0.305 e. The second-order valence-corrected chi connectivity index (χ2v) is 29.6. The van der Waals surface area contributed by atoms with Crippen molar-refractivity contribution in [2.24, 2.45) is 0 Å². The normalized spacial score (nSPS) is 12.1. The van der Waals surface area contributed by atoms with Gasteiger partial charge in [-0.2, -0.15) is 0 Å². The molecule has 0 aliphatic heterocycles.